The lowest BCUT2D eigenvalue weighted by atomic mass is 10.1. The van der Waals surface area contributed by atoms with Crippen LogP contribution < -0.4 is 10.6 Å². The molecule has 0 spiro atoms. The lowest BCUT2D eigenvalue weighted by molar-refractivity contribution is 0.133. The van der Waals surface area contributed by atoms with E-state index in [-0.39, 0.29) is 24.0 Å². The van der Waals surface area contributed by atoms with E-state index in [4.69, 9.17) is 9.73 Å². The predicted octanol–water partition coefficient (Wildman–Crippen LogP) is 3.61. The summed E-state index contributed by atoms with van der Waals surface area (Å²) in [5, 5.41) is 6.82. The normalized spacial score (nSPS) is 14.6. The second-order valence-electron chi connectivity index (χ2n) is 5.39. The summed E-state index contributed by atoms with van der Waals surface area (Å²) >= 11 is 0. The molecule has 0 bridgehead atoms. The lowest BCUT2D eigenvalue weighted by Gasteiger charge is -2.17. The molecule has 0 aliphatic heterocycles. The molecule has 5 heteroatoms. The molecule has 128 valence electrons. The fourth-order valence-corrected chi connectivity index (χ4v) is 2.48. The van der Waals surface area contributed by atoms with Gasteiger partial charge < -0.3 is 15.4 Å². The Labute approximate surface area is 156 Å². The SMILES string of the molecule is CCNC(=NCc1ccccc1COCC)NC1CC=CC1.I. The van der Waals surface area contributed by atoms with E-state index >= 15 is 0 Å². The van der Waals surface area contributed by atoms with Crippen LogP contribution in [0.15, 0.2) is 41.4 Å². The molecule has 4 nitrogen and oxygen atoms in total. The van der Waals surface area contributed by atoms with Crippen LogP contribution in [0.5, 0.6) is 0 Å². The van der Waals surface area contributed by atoms with Crippen molar-refractivity contribution in [3.8, 4) is 0 Å². The van der Waals surface area contributed by atoms with Gasteiger partial charge in [-0.3, -0.25) is 0 Å². The Morgan fingerprint density at radius 1 is 1.17 bits per heavy atom. The first kappa shape index (κ1) is 20.0. The maximum absolute atomic E-state index is 5.53. The number of benzene rings is 1. The maximum atomic E-state index is 5.53. The first-order chi connectivity index (χ1) is 10.8. The minimum Gasteiger partial charge on any atom is -0.377 e. The molecule has 0 unspecified atom stereocenters. The Morgan fingerprint density at radius 2 is 1.87 bits per heavy atom. The molecule has 0 saturated carbocycles. The summed E-state index contributed by atoms with van der Waals surface area (Å²) in [6, 6.07) is 8.81. The van der Waals surface area contributed by atoms with Crippen molar-refractivity contribution in [2.75, 3.05) is 13.2 Å². The molecule has 0 heterocycles. The van der Waals surface area contributed by atoms with E-state index in [1.807, 2.05) is 6.92 Å². The molecule has 2 rings (SSSR count). The number of nitrogens with one attached hydrogen (secondary N) is 2. The fraction of sp³-hybridized carbons (Fsp3) is 0.500. The number of rotatable bonds is 7. The molecule has 0 fully saturated rings. The molecule has 0 amide bonds. The largest absolute Gasteiger partial charge is 0.377 e. The van der Waals surface area contributed by atoms with Gasteiger partial charge in [-0.15, -0.1) is 24.0 Å². The van der Waals surface area contributed by atoms with E-state index in [0.717, 1.165) is 32.0 Å². The average Bonchev–Trinajstić information content (AvgIpc) is 3.04. The summed E-state index contributed by atoms with van der Waals surface area (Å²) in [4.78, 5) is 4.73. The van der Waals surface area contributed by atoms with Crippen molar-refractivity contribution < 1.29 is 4.74 Å². The van der Waals surface area contributed by atoms with Crippen LogP contribution in [-0.4, -0.2) is 25.2 Å². The molecular weight excluding hydrogens is 401 g/mol. The highest BCUT2D eigenvalue weighted by molar-refractivity contribution is 14.0. The van der Waals surface area contributed by atoms with Crippen molar-refractivity contribution in [1.29, 1.82) is 0 Å². The molecule has 1 aromatic carbocycles. The first-order valence-corrected chi connectivity index (χ1v) is 8.17. The van der Waals surface area contributed by atoms with Crippen LogP contribution >= 0.6 is 24.0 Å². The van der Waals surface area contributed by atoms with Crippen LogP contribution in [0.2, 0.25) is 0 Å². The minimum absolute atomic E-state index is 0. The van der Waals surface area contributed by atoms with Crippen molar-refractivity contribution in [2.24, 2.45) is 4.99 Å². The number of hydrogen-bond acceptors (Lipinski definition) is 2. The molecule has 1 aliphatic carbocycles. The highest BCUT2D eigenvalue weighted by Crippen LogP contribution is 2.12. The van der Waals surface area contributed by atoms with Crippen molar-refractivity contribution >= 4 is 29.9 Å². The first-order valence-electron chi connectivity index (χ1n) is 8.17. The van der Waals surface area contributed by atoms with E-state index < -0.39 is 0 Å². The Balaban J connectivity index is 0.00000264. The smallest absolute Gasteiger partial charge is 0.191 e. The monoisotopic (exact) mass is 429 g/mol. The Hall–Kier alpha value is -1.08. The average molecular weight is 429 g/mol. The molecule has 0 aromatic heterocycles. The predicted molar refractivity (Wildman–Crippen MR) is 107 cm³/mol. The van der Waals surface area contributed by atoms with Crippen LogP contribution in [0.1, 0.15) is 37.8 Å². The quantitative estimate of drug-likeness (QED) is 0.301. The molecule has 1 aliphatic rings. The van der Waals surface area contributed by atoms with Crippen molar-refractivity contribution in [3.63, 3.8) is 0 Å². The van der Waals surface area contributed by atoms with E-state index in [1.54, 1.807) is 0 Å². The molecule has 1 aromatic rings. The molecule has 0 radical (unpaired) electrons. The van der Waals surface area contributed by atoms with Gasteiger partial charge in [-0.05, 0) is 37.8 Å². The summed E-state index contributed by atoms with van der Waals surface area (Å²) in [6.07, 6.45) is 6.59. The van der Waals surface area contributed by atoms with Crippen molar-refractivity contribution in [2.45, 2.75) is 45.9 Å². The van der Waals surface area contributed by atoms with Gasteiger partial charge in [0.1, 0.15) is 0 Å². The van der Waals surface area contributed by atoms with Crippen LogP contribution in [0, 0.1) is 0 Å². The topological polar surface area (TPSA) is 45.7 Å². The molecule has 23 heavy (non-hydrogen) atoms. The number of guanidine groups is 1. The second kappa shape index (κ2) is 11.5. The Kier molecular flexibility index (Phi) is 9.94. The highest BCUT2D eigenvalue weighted by Gasteiger charge is 2.11. The van der Waals surface area contributed by atoms with Gasteiger partial charge in [-0.2, -0.15) is 0 Å². The Morgan fingerprint density at radius 3 is 2.52 bits per heavy atom. The molecule has 2 N–H and O–H groups in total. The van der Waals surface area contributed by atoms with Gasteiger partial charge in [0.05, 0.1) is 13.2 Å². The van der Waals surface area contributed by atoms with Gasteiger partial charge in [0.15, 0.2) is 5.96 Å². The second-order valence-corrected chi connectivity index (χ2v) is 5.39. The van der Waals surface area contributed by atoms with E-state index in [2.05, 4.69) is 54.0 Å². The summed E-state index contributed by atoms with van der Waals surface area (Å²) in [5.74, 6) is 0.891. The van der Waals surface area contributed by atoms with Crippen LogP contribution in [-0.2, 0) is 17.9 Å². The summed E-state index contributed by atoms with van der Waals surface area (Å²) in [5.41, 5.74) is 2.43. The third-order valence-corrected chi connectivity index (χ3v) is 3.68. The van der Waals surface area contributed by atoms with Gasteiger partial charge >= 0.3 is 0 Å². The van der Waals surface area contributed by atoms with Gasteiger partial charge in [-0.1, -0.05) is 36.4 Å². The zero-order valence-corrected chi connectivity index (χ0v) is 16.4. The standard InChI is InChI=1S/C18H27N3O.HI/c1-3-19-18(21-17-11-7-8-12-17)20-13-15-9-5-6-10-16(15)14-22-4-2;/h5-10,17H,3-4,11-14H2,1-2H3,(H2,19,20,21);1H. The zero-order chi connectivity index (χ0) is 15.6. The highest BCUT2D eigenvalue weighted by atomic mass is 127. The molecule has 0 atom stereocenters. The van der Waals surface area contributed by atoms with Gasteiger partial charge in [-0.25, -0.2) is 4.99 Å². The number of aliphatic imine (C=N–C) groups is 1. The maximum Gasteiger partial charge on any atom is 0.191 e. The summed E-state index contributed by atoms with van der Waals surface area (Å²) < 4.78 is 5.53. The van der Waals surface area contributed by atoms with Gasteiger partial charge in [0.25, 0.3) is 0 Å². The lowest BCUT2D eigenvalue weighted by Crippen LogP contribution is -2.42. The third-order valence-electron chi connectivity index (χ3n) is 3.68. The minimum atomic E-state index is 0. The number of halogens is 1. The van der Waals surface area contributed by atoms with Crippen LogP contribution in [0.3, 0.4) is 0 Å². The van der Waals surface area contributed by atoms with Crippen molar-refractivity contribution in [1.82, 2.24) is 10.6 Å². The number of ether oxygens (including phenoxy) is 1. The van der Waals surface area contributed by atoms with Gasteiger partial charge in [0, 0.05) is 19.2 Å². The third kappa shape index (κ3) is 6.91. The summed E-state index contributed by atoms with van der Waals surface area (Å²) in [6.45, 7) is 7.03. The van der Waals surface area contributed by atoms with E-state index in [0.29, 0.717) is 19.2 Å². The Bertz CT molecular complexity index is 509. The zero-order valence-electron chi connectivity index (χ0n) is 14.0. The van der Waals surface area contributed by atoms with E-state index in [1.165, 1.54) is 11.1 Å². The van der Waals surface area contributed by atoms with Gasteiger partial charge in [0.2, 0.25) is 0 Å². The number of hydrogen-bond donors (Lipinski definition) is 2. The summed E-state index contributed by atoms with van der Waals surface area (Å²) in [7, 11) is 0. The van der Waals surface area contributed by atoms with Crippen molar-refractivity contribution in [3.05, 3.63) is 47.5 Å². The number of nitrogens with zero attached hydrogens (tertiary/aromatic N) is 1. The van der Waals surface area contributed by atoms with Crippen LogP contribution in [0.4, 0.5) is 0 Å². The van der Waals surface area contributed by atoms with Crippen LogP contribution in [0.25, 0.3) is 0 Å². The molecular formula is C18H28IN3O. The molecule has 0 saturated heterocycles. The van der Waals surface area contributed by atoms with E-state index in [9.17, 15) is 0 Å². The fourth-order valence-electron chi connectivity index (χ4n) is 2.48.